The van der Waals surface area contributed by atoms with Gasteiger partial charge in [-0.05, 0) is 48.8 Å². The molecule has 0 radical (unpaired) electrons. The molecule has 1 aromatic carbocycles. The van der Waals surface area contributed by atoms with Crippen molar-refractivity contribution in [3.8, 4) is 0 Å². The minimum atomic E-state index is 0.148. The van der Waals surface area contributed by atoms with Gasteiger partial charge in [-0.3, -0.25) is 4.79 Å². The first kappa shape index (κ1) is 12.0. The van der Waals surface area contributed by atoms with E-state index in [0.717, 1.165) is 17.4 Å². The highest BCUT2D eigenvalue weighted by atomic mass is 35.5. The standard InChI is InChI=1S/C15H18ClNO/c16-13-5-2-10(3-6-13)9-15(18)17-14-8-11-1-4-12(14)7-11/h2-3,5-6,11-12,14H,1,4,7-9H2,(H,17,18)/t11-,12-,14-/m0/s1. The molecule has 0 saturated heterocycles. The van der Waals surface area contributed by atoms with Crippen LogP contribution >= 0.6 is 11.6 Å². The van der Waals surface area contributed by atoms with E-state index in [9.17, 15) is 4.79 Å². The van der Waals surface area contributed by atoms with E-state index in [1.165, 1.54) is 25.7 Å². The number of amides is 1. The molecular formula is C15H18ClNO. The van der Waals surface area contributed by atoms with Crippen LogP contribution in [0.5, 0.6) is 0 Å². The summed E-state index contributed by atoms with van der Waals surface area (Å²) in [4.78, 5) is 12.0. The summed E-state index contributed by atoms with van der Waals surface area (Å²) in [6.07, 6.45) is 5.65. The third-order valence-electron chi connectivity index (χ3n) is 4.36. The lowest BCUT2D eigenvalue weighted by Gasteiger charge is -2.22. The summed E-state index contributed by atoms with van der Waals surface area (Å²) >= 11 is 5.83. The van der Waals surface area contributed by atoms with Crippen LogP contribution in [0.2, 0.25) is 5.02 Å². The van der Waals surface area contributed by atoms with Gasteiger partial charge in [-0.1, -0.05) is 30.2 Å². The zero-order chi connectivity index (χ0) is 12.5. The Morgan fingerprint density at radius 3 is 2.61 bits per heavy atom. The number of benzene rings is 1. The highest BCUT2D eigenvalue weighted by molar-refractivity contribution is 6.30. The molecule has 2 bridgehead atoms. The zero-order valence-corrected chi connectivity index (χ0v) is 11.1. The topological polar surface area (TPSA) is 29.1 Å². The van der Waals surface area contributed by atoms with E-state index in [2.05, 4.69) is 5.32 Å². The monoisotopic (exact) mass is 263 g/mol. The number of hydrogen-bond donors (Lipinski definition) is 1. The number of rotatable bonds is 3. The summed E-state index contributed by atoms with van der Waals surface area (Å²) in [6.45, 7) is 0. The summed E-state index contributed by atoms with van der Waals surface area (Å²) in [5.74, 6) is 1.76. The lowest BCUT2D eigenvalue weighted by atomic mass is 9.95. The molecule has 3 atom stereocenters. The molecular weight excluding hydrogens is 246 g/mol. The van der Waals surface area contributed by atoms with E-state index < -0.39 is 0 Å². The van der Waals surface area contributed by atoms with E-state index in [0.29, 0.717) is 17.5 Å². The molecule has 1 N–H and O–H groups in total. The van der Waals surface area contributed by atoms with Crippen molar-refractivity contribution in [1.82, 2.24) is 5.32 Å². The van der Waals surface area contributed by atoms with Gasteiger partial charge in [-0.15, -0.1) is 0 Å². The maximum atomic E-state index is 12.0. The number of carbonyl (C=O) groups excluding carboxylic acids is 1. The predicted octanol–water partition coefficient (Wildman–Crippen LogP) is 3.19. The van der Waals surface area contributed by atoms with E-state index in [1.807, 2.05) is 24.3 Å². The fraction of sp³-hybridized carbons (Fsp3) is 0.533. The molecule has 1 aromatic rings. The van der Waals surface area contributed by atoms with Crippen LogP contribution in [0.3, 0.4) is 0 Å². The molecule has 0 heterocycles. The highest BCUT2D eigenvalue weighted by Gasteiger charge is 2.39. The molecule has 2 aliphatic carbocycles. The van der Waals surface area contributed by atoms with Gasteiger partial charge in [-0.2, -0.15) is 0 Å². The number of fused-ring (bicyclic) bond motifs is 2. The van der Waals surface area contributed by atoms with Gasteiger partial charge in [0.15, 0.2) is 0 Å². The fourth-order valence-corrected chi connectivity index (χ4v) is 3.59. The summed E-state index contributed by atoms with van der Waals surface area (Å²) in [5.41, 5.74) is 1.03. The number of hydrogen-bond acceptors (Lipinski definition) is 1. The largest absolute Gasteiger partial charge is 0.353 e. The Hall–Kier alpha value is -1.02. The molecule has 2 saturated carbocycles. The minimum absolute atomic E-state index is 0.148. The lowest BCUT2D eigenvalue weighted by Crippen LogP contribution is -2.39. The summed E-state index contributed by atoms with van der Waals surface area (Å²) < 4.78 is 0. The molecule has 3 heteroatoms. The van der Waals surface area contributed by atoms with Crippen molar-refractivity contribution in [3.05, 3.63) is 34.9 Å². The molecule has 1 amide bonds. The van der Waals surface area contributed by atoms with Crippen molar-refractivity contribution in [2.45, 2.75) is 38.1 Å². The van der Waals surface area contributed by atoms with Gasteiger partial charge >= 0.3 is 0 Å². The Morgan fingerprint density at radius 2 is 2.00 bits per heavy atom. The van der Waals surface area contributed by atoms with Gasteiger partial charge in [0.1, 0.15) is 0 Å². The third-order valence-corrected chi connectivity index (χ3v) is 4.61. The fourth-order valence-electron chi connectivity index (χ4n) is 3.47. The smallest absolute Gasteiger partial charge is 0.224 e. The molecule has 2 aliphatic rings. The maximum Gasteiger partial charge on any atom is 0.224 e. The van der Waals surface area contributed by atoms with Crippen LogP contribution in [0.25, 0.3) is 0 Å². The Labute approximate surface area is 113 Å². The van der Waals surface area contributed by atoms with Crippen molar-refractivity contribution in [2.75, 3.05) is 0 Å². The number of halogens is 1. The van der Waals surface area contributed by atoms with Gasteiger partial charge in [0, 0.05) is 11.1 Å². The van der Waals surface area contributed by atoms with E-state index in [1.54, 1.807) is 0 Å². The zero-order valence-electron chi connectivity index (χ0n) is 10.4. The van der Waals surface area contributed by atoms with Crippen LogP contribution in [-0.4, -0.2) is 11.9 Å². The molecule has 0 unspecified atom stereocenters. The Morgan fingerprint density at radius 1 is 1.22 bits per heavy atom. The number of nitrogens with one attached hydrogen (secondary N) is 1. The van der Waals surface area contributed by atoms with Crippen molar-refractivity contribution >= 4 is 17.5 Å². The van der Waals surface area contributed by atoms with Gasteiger partial charge in [-0.25, -0.2) is 0 Å². The lowest BCUT2D eigenvalue weighted by molar-refractivity contribution is -0.121. The molecule has 2 fully saturated rings. The quantitative estimate of drug-likeness (QED) is 0.892. The number of carbonyl (C=O) groups is 1. The molecule has 0 aliphatic heterocycles. The molecule has 0 aromatic heterocycles. The first-order valence-electron chi connectivity index (χ1n) is 6.74. The van der Waals surface area contributed by atoms with E-state index in [4.69, 9.17) is 11.6 Å². The Kier molecular flexibility index (Phi) is 3.29. The van der Waals surface area contributed by atoms with Crippen LogP contribution < -0.4 is 5.32 Å². The van der Waals surface area contributed by atoms with E-state index in [-0.39, 0.29) is 5.91 Å². The van der Waals surface area contributed by atoms with Gasteiger partial charge in [0.05, 0.1) is 6.42 Å². The van der Waals surface area contributed by atoms with Gasteiger partial charge in [0.25, 0.3) is 0 Å². The average molecular weight is 264 g/mol. The maximum absolute atomic E-state index is 12.0. The first-order chi connectivity index (χ1) is 8.70. The molecule has 18 heavy (non-hydrogen) atoms. The van der Waals surface area contributed by atoms with Crippen LogP contribution in [0.1, 0.15) is 31.2 Å². The predicted molar refractivity (Wildman–Crippen MR) is 72.5 cm³/mol. The molecule has 0 spiro atoms. The minimum Gasteiger partial charge on any atom is -0.353 e. The Balaban J connectivity index is 1.54. The van der Waals surface area contributed by atoms with E-state index >= 15 is 0 Å². The van der Waals surface area contributed by atoms with Crippen molar-refractivity contribution < 1.29 is 4.79 Å². The second kappa shape index (κ2) is 4.93. The van der Waals surface area contributed by atoms with Gasteiger partial charge < -0.3 is 5.32 Å². The second-order valence-electron chi connectivity index (χ2n) is 5.65. The SMILES string of the molecule is O=C(Cc1ccc(Cl)cc1)N[C@H]1C[C@H]2CC[C@H]1C2. The van der Waals surface area contributed by atoms with Crippen molar-refractivity contribution in [1.29, 1.82) is 0 Å². The van der Waals surface area contributed by atoms with Crippen molar-refractivity contribution in [3.63, 3.8) is 0 Å². The van der Waals surface area contributed by atoms with Gasteiger partial charge in [0.2, 0.25) is 5.91 Å². The molecule has 2 nitrogen and oxygen atoms in total. The van der Waals surface area contributed by atoms with Crippen LogP contribution in [-0.2, 0) is 11.2 Å². The second-order valence-corrected chi connectivity index (χ2v) is 6.09. The Bertz CT molecular complexity index is 442. The molecule has 3 rings (SSSR count). The molecule has 96 valence electrons. The van der Waals surface area contributed by atoms with Crippen molar-refractivity contribution in [2.24, 2.45) is 11.8 Å². The van der Waals surface area contributed by atoms with Crippen LogP contribution in [0.4, 0.5) is 0 Å². The average Bonchev–Trinajstić information content (AvgIpc) is 2.94. The summed E-state index contributed by atoms with van der Waals surface area (Å²) in [7, 11) is 0. The van der Waals surface area contributed by atoms with Crippen LogP contribution in [0.15, 0.2) is 24.3 Å². The highest BCUT2D eigenvalue weighted by Crippen LogP contribution is 2.44. The normalized spacial score (nSPS) is 29.5. The van der Waals surface area contributed by atoms with Crippen LogP contribution in [0, 0.1) is 11.8 Å². The third kappa shape index (κ3) is 2.54. The summed E-state index contributed by atoms with van der Waals surface area (Å²) in [6, 6.07) is 7.94. The summed E-state index contributed by atoms with van der Waals surface area (Å²) in [5, 5.41) is 3.92. The first-order valence-corrected chi connectivity index (χ1v) is 7.12.